The summed E-state index contributed by atoms with van der Waals surface area (Å²) in [5, 5.41) is 3.29. The van der Waals surface area contributed by atoms with Gasteiger partial charge in [-0.3, -0.25) is 14.4 Å². The first-order valence-electron chi connectivity index (χ1n) is 14.3. The van der Waals surface area contributed by atoms with Crippen molar-refractivity contribution < 1.29 is 35.7 Å². The van der Waals surface area contributed by atoms with Gasteiger partial charge in [0.2, 0.25) is 0 Å². The fourth-order valence-electron chi connectivity index (χ4n) is 5.76. The number of para-hydroxylation sites is 1. The molecule has 46 heavy (non-hydrogen) atoms. The number of rotatable bonds is 6. The van der Waals surface area contributed by atoms with Gasteiger partial charge in [0, 0.05) is 45.8 Å². The first-order valence-corrected chi connectivity index (χ1v) is 17.2. The number of aryl methyl sites for hydroxylation is 4. The summed E-state index contributed by atoms with van der Waals surface area (Å²) in [5.41, 5.74) is 7.79. The van der Waals surface area contributed by atoms with E-state index in [4.69, 9.17) is 9.41 Å². The fourth-order valence-corrected chi connectivity index (χ4v) is 7.12. The summed E-state index contributed by atoms with van der Waals surface area (Å²) >= 11 is 0. The molecule has 4 N–H and O–H groups in total. The molecule has 4 aromatic carbocycles. The highest BCUT2D eigenvalue weighted by Gasteiger charge is 2.22. The molecule has 1 aliphatic carbocycles. The van der Waals surface area contributed by atoms with Gasteiger partial charge >= 0.3 is 0 Å². The Morgan fingerprint density at radius 2 is 1.33 bits per heavy atom. The van der Waals surface area contributed by atoms with Crippen molar-refractivity contribution in [1.82, 2.24) is 0 Å². The average Bonchev–Trinajstić information content (AvgIpc) is 2.98. The molecule has 0 saturated heterocycles. The predicted octanol–water partition coefficient (Wildman–Crippen LogP) is 6.69. The summed E-state index contributed by atoms with van der Waals surface area (Å²) in [7, 11) is -9.00. The highest BCUT2D eigenvalue weighted by atomic mass is 32.2. The number of fused-ring (bicyclic) bond motifs is 2. The molecule has 234 valence electrons. The molecule has 0 unspecified atom stereocenters. The molecule has 0 atom stereocenters. The Kier molecular flexibility index (Phi) is 7.91. The molecular weight excluding hydrogens is 625 g/mol. The van der Waals surface area contributed by atoms with E-state index in [-0.39, 0.29) is 15.4 Å². The van der Waals surface area contributed by atoms with Crippen molar-refractivity contribution in [2.45, 2.75) is 37.5 Å². The van der Waals surface area contributed by atoms with Crippen molar-refractivity contribution >= 4 is 48.3 Å². The average molecular weight is 656 g/mol. The van der Waals surface area contributed by atoms with Crippen LogP contribution in [-0.2, 0) is 20.2 Å². The van der Waals surface area contributed by atoms with E-state index in [0.29, 0.717) is 44.6 Å². The molecule has 6 rings (SSSR count). The van der Waals surface area contributed by atoms with Crippen LogP contribution in [0.4, 0.5) is 17.1 Å². The number of nitrogens with two attached hydrogens (primary N) is 1. The number of quaternary nitrogens is 1. The molecule has 0 saturated carbocycles. The van der Waals surface area contributed by atoms with Gasteiger partial charge < -0.3 is 4.42 Å². The highest BCUT2D eigenvalue weighted by Crippen LogP contribution is 2.39. The zero-order valence-corrected chi connectivity index (χ0v) is 27.1. The predicted molar refractivity (Wildman–Crippen MR) is 176 cm³/mol. The maximum Gasteiger partial charge on any atom is 0.295 e. The Morgan fingerprint density at radius 3 is 1.98 bits per heavy atom. The molecule has 0 spiro atoms. The van der Waals surface area contributed by atoms with Gasteiger partial charge in [-0.15, -0.1) is 0 Å². The van der Waals surface area contributed by atoms with Crippen LogP contribution in [0.1, 0.15) is 22.3 Å². The fraction of sp³-hybridized carbons (Fsp3) is 0.114. The maximum absolute atomic E-state index is 12.4. The van der Waals surface area contributed by atoms with E-state index < -0.39 is 20.2 Å². The monoisotopic (exact) mass is 655 g/mol. The standard InChI is InChI=1S/C35H30N2O7S2/c1-20-8-7-9-21(2)34(20)36-25-13-12-24-16-30-29(28-10-5-6-11-33(28)46(41,42)43)17-26(19-32(30)44-31(24)18-25)37-35-22(3)14-27(15-23(35)4)45(38,39)40/h5-19,36H,1-4H3,(H,38,39,40)(H,41,42,43)/p+1. The molecule has 0 fully saturated rings. The van der Waals surface area contributed by atoms with Crippen LogP contribution in [0.2, 0.25) is 0 Å². The quantitative estimate of drug-likeness (QED) is 0.103. The largest absolute Gasteiger partial charge is 0.456 e. The lowest BCUT2D eigenvalue weighted by molar-refractivity contribution is -0.479. The third-order valence-electron chi connectivity index (χ3n) is 8.00. The minimum absolute atomic E-state index is 0.238. The molecule has 4 aromatic rings. The van der Waals surface area contributed by atoms with Crippen LogP contribution in [0, 0.1) is 27.7 Å². The van der Waals surface area contributed by atoms with Gasteiger partial charge in [-0.2, -0.15) is 16.8 Å². The number of benzene rings is 5. The highest BCUT2D eigenvalue weighted by molar-refractivity contribution is 7.86. The SMILES string of the molecule is Cc1cc(S(=O)(=O)O)cc(C)c1N=c1cc2oc3cc([NH2+]c4c(C)cccc4C)ccc3cc-2c(-c2ccccc2S(=O)(=O)O)c1. The second-order valence-corrected chi connectivity index (χ2v) is 14.2. The molecule has 1 aliphatic heterocycles. The first kappa shape index (κ1) is 31.3. The van der Waals surface area contributed by atoms with Crippen LogP contribution >= 0.6 is 0 Å². The van der Waals surface area contributed by atoms with Crippen LogP contribution < -0.4 is 10.7 Å². The summed E-state index contributed by atoms with van der Waals surface area (Å²) in [6.45, 7) is 7.49. The van der Waals surface area contributed by atoms with Gasteiger partial charge in [0.25, 0.3) is 20.2 Å². The molecule has 0 bridgehead atoms. The van der Waals surface area contributed by atoms with Crippen molar-refractivity contribution in [3.63, 3.8) is 0 Å². The summed E-state index contributed by atoms with van der Waals surface area (Å²) in [6, 6.07) is 26.2. The summed E-state index contributed by atoms with van der Waals surface area (Å²) in [5.74, 6) is 0.419. The maximum atomic E-state index is 12.4. The molecule has 0 amide bonds. The van der Waals surface area contributed by atoms with E-state index in [1.165, 1.54) is 24.3 Å². The molecular formula is C35H31N2O7S2+. The normalized spacial score (nSPS) is 12.7. The lowest BCUT2D eigenvalue weighted by Crippen LogP contribution is -2.71. The lowest BCUT2D eigenvalue weighted by Gasteiger charge is -2.16. The number of hydrogen-bond acceptors (Lipinski definition) is 6. The Bertz CT molecular complexity index is 2410. The number of hydrogen-bond donors (Lipinski definition) is 3. The Hall–Kier alpha value is -4.65. The van der Waals surface area contributed by atoms with Crippen molar-refractivity contribution in [3.05, 3.63) is 119 Å². The van der Waals surface area contributed by atoms with Crippen LogP contribution in [0.5, 0.6) is 0 Å². The van der Waals surface area contributed by atoms with Crippen LogP contribution in [0.25, 0.3) is 33.4 Å². The molecule has 2 aliphatic rings. The Labute approximate surface area is 266 Å². The summed E-state index contributed by atoms with van der Waals surface area (Å²) in [6.07, 6.45) is 0. The van der Waals surface area contributed by atoms with Gasteiger partial charge in [-0.25, -0.2) is 4.99 Å². The topological polar surface area (TPSA) is 151 Å². The minimum Gasteiger partial charge on any atom is -0.456 e. The lowest BCUT2D eigenvalue weighted by atomic mass is 9.95. The van der Waals surface area contributed by atoms with Gasteiger partial charge in [-0.05, 0) is 80.8 Å². The molecule has 9 nitrogen and oxygen atoms in total. The minimum atomic E-state index is -4.59. The molecule has 11 heteroatoms. The second kappa shape index (κ2) is 11.6. The zero-order chi connectivity index (χ0) is 33.0. The van der Waals surface area contributed by atoms with Gasteiger partial charge in [0.1, 0.15) is 27.6 Å². The number of nitrogens with zero attached hydrogens (tertiary/aromatic N) is 1. The van der Waals surface area contributed by atoms with Gasteiger partial charge in [0.15, 0.2) is 0 Å². The second-order valence-electron chi connectivity index (χ2n) is 11.4. The molecule has 0 radical (unpaired) electrons. The molecule has 1 heterocycles. The van der Waals surface area contributed by atoms with E-state index in [0.717, 1.165) is 27.9 Å². The smallest absolute Gasteiger partial charge is 0.295 e. The summed E-state index contributed by atoms with van der Waals surface area (Å²) in [4.78, 5) is 4.30. The third-order valence-corrected chi connectivity index (χ3v) is 9.74. The van der Waals surface area contributed by atoms with E-state index in [1.807, 2.05) is 30.3 Å². The van der Waals surface area contributed by atoms with Crippen molar-refractivity contribution in [1.29, 1.82) is 0 Å². The first-order chi connectivity index (χ1) is 21.7. The van der Waals surface area contributed by atoms with E-state index in [1.54, 1.807) is 38.1 Å². The van der Waals surface area contributed by atoms with Crippen molar-refractivity contribution in [3.8, 4) is 22.5 Å². The van der Waals surface area contributed by atoms with E-state index >= 15 is 0 Å². The third kappa shape index (κ3) is 6.11. The van der Waals surface area contributed by atoms with Crippen molar-refractivity contribution in [2.75, 3.05) is 0 Å². The Balaban J connectivity index is 1.61. The van der Waals surface area contributed by atoms with Crippen LogP contribution in [0.15, 0.2) is 110 Å². The van der Waals surface area contributed by atoms with Crippen molar-refractivity contribution in [2.24, 2.45) is 4.99 Å². The Morgan fingerprint density at radius 1 is 0.652 bits per heavy atom. The van der Waals surface area contributed by atoms with E-state index in [9.17, 15) is 25.9 Å². The van der Waals surface area contributed by atoms with Gasteiger partial charge in [0.05, 0.1) is 15.9 Å². The zero-order valence-electron chi connectivity index (χ0n) is 25.4. The van der Waals surface area contributed by atoms with Crippen LogP contribution in [0.3, 0.4) is 0 Å². The van der Waals surface area contributed by atoms with E-state index in [2.05, 4.69) is 31.3 Å². The van der Waals surface area contributed by atoms with Gasteiger partial charge in [-0.1, -0.05) is 36.4 Å². The summed E-state index contributed by atoms with van der Waals surface area (Å²) < 4.78 is 74.5. The molecule has 0 aromatic heterocycles. The van der Waals surface area contributed by atoms with Crippen LogP contribution in [-0.4, -0.2) is 25.9 Å².